The van der Waals surface area contributed by atoms with E-state index in [1.54, 1.807) is 22.4 Å². The Hall–Kier alpha value is -3.85. The van der Waals surface area contributed by atoms with Crippen molar-refractivity contribution < 1.29 is 0 Å². The number of hydrogen-bond donors (Lipinski definition) is 0. The SMILES string of the molecule is CN1CC=C2CC21.Cc1c(-c2cc(Sc3ccccc3C#N)c3c(C#N)cnn3c2)cnn1C. The molecule has 0 radical (unpaired) electrons. The second kappa shape index (κ2) is 8.83. The number of nitriles is 2. The van der Waals surface area contributed by atoms with E-state index >= 15 is 0 Å². The molecular weight excluding hydrogens is 442 g/mol. The van der Waals surface area contributed by atoms with Crippen LogP contribution < -0.4 is 0 Å². The quantitative estimate of drug-likeness (QED) is 0.412. The monoisotopic (exact) mass is 465 g/mol. The molecule has 1 aliphatic heterocycles. The lowest BCUT2D eigenvalue weighted by atomic mass is 10.1. The molecule has 0 N–H and O–H groups in total. The molecule has 1 atom stereocenters. The Labute approximate surface area is 202 Å². The van der Waals surface area contributed by atoms with Gasteiger partial charge in [0.05, 0.1) is 29.0 Å². The first-order valence-corrected chi connectivity index (χ1v) is 11.8. The highest BCUT2D eigenvalue weighted by atomic mass is 32.2. The van der Waals surface area contributed by atoms with E-state index in [-0.39, 0.29) is 0 Å². The summed E-state index contributed by atoms with van der Waals surface area (Å²) < 4.78 is 3.54. The average Bonchev–Trinajstić information content (AvgIpc) is 3.19. The summed E-state index contributed by atoms with van der Waals surface area (Å²) in [5.41, 5.74) is 6.50. The van der Waals surface area contributed by atoms with Gasteiger partial charge in [0.2, 0.25) is 0 Å². The molecule has 1 saturated carbocycles. The van der Waals surface area contributed by atoms with Crippen molar-refractivity contribution in [2.24, 2.45) is 7.05 Å². The van der Waals surface area contributed by atoms with Crippen LogP contribution in [0.1, 0.15) is 23.2 Å². The van der Waals surface area contributed by atoms with Crippen molar-refractivity contribution in [3.63, 3.8) is 0 Å². The Kier molecular flexibility index (Phi) is 5.70. The van der Waals surface area contributed by atoms with E-state index in [1.165, 1.54) is 24.7 Å². The van der Waals surface area contributed by atoms with Crippen molar-refractivity contribution in [2.45, 2.75) is 29.2 Å². The lowest BCUT2D eigenvalue weighted by Gasteiger charge is -2.10. The van der Waals surface area contributed by atoms with Gasteiger partial charge in [-0.2, -0.15) is 20.7 Å². The average molecular weight is 466 g/mol. The van der Waals surface area contributed by atoms with Crippen molar-refractivity contribution in [2.75, 3.05) is 13.6 Å². The molecule has 3 aromatic heterocycles. The van der Waals surface area contributed by atoms with Gasteiger partial charge in [0.15, 0.2) is 0 Å². The van der Waals surface area contributed by atoms with Crippen LogP contribution in [0.25, 0.3) is 16.6 Å². The molecule has 4 aromatic rings. The van der Waals surface area contributed by atoms with E-state index in [4.69, 9.17) is 0 Å². The van der Waals surface area contributed by atoms with Gasteiger partial charge >= 0.3 is 0 Å². The first kappa shape index (κ1) is 22.0. The lowest BCUT2D eigenvalue weighted by molar-refractivity contribution is 0.384. The molecule has 168 valence electrons. The second-order valence-electron chi connectivity index (χ2n) is 8.47. The molecule has 8 heteroatoms. The molecular formula is C26H23N7S. The minimum absolute atomic E-state index is 0.501. The summed E-state index contributed by atoms with van der Waals surface area (Å²) in [5.74, 6) is 0. The van der Waals surface area contributed by atoms with E-state index in [0.717, 1.165) is 38.2 Å². The summed E-state index contributed by atoms with van der Waals surface area (Å²) in [4.78, 5) is 4.09. The van der Waals surface area contributed by atoms with Crippen molar-refractivity contribution in [1.82, 2.24) is 24.3 Å². The third-order valence-corrected chi connectivity index (χ3v) is 7.45. The normalized spacial score (nSPS) is 16.3. The molecule has 1 unspecified atom stereocenters. The number of benzene rings is 1. The van der Waals surface area contributed by atoms with Crippen LogP contribution >= 0.6 is 11.8 Å². The number of likely N-dealkylation sites (N-methyl/N-ethyl adjacent to an activating group) is 1. The number of hydrogen-bond acceptors (Lipinski definition) is 6. The van der Waals surface area contributed by atoms with Crippen LogP contribution in [0.15, 0.2) is 70.4 Å². The summed E-state index contributed by atoms with van der Waals surface area (Å²) in [6.45, 7) is 3.20. The number of rotatable bonds is 3. The molecule has 0 bridgehead atoms. The molecule has 1 fully saturated rings. The van der Waals surface area contributed by atoms with Gasteiger partial charge in [-0.15, -0.1) is 0 Å². The Morgan fingerprint density at radius 2 is 1.82 bits per heavy atom. The fraction of sp³-hybridized carbons (Fsp3) is 0.231. The summed E-state index contributed by atoms with van der Waals surface area (Å²) in [6.07, 6.45) is 8.99. The summed E-state index contributed by atoms with van der Waals surface area (Å²) >= 11 is 1.46. The lowest BCUT2D eigenvalue weighted by Crippen LogP contribution is -2.16. The van der Waals surface area contributed by atoms with Crippen LogP contribution in [0.4, 0.5) is 0 Å². The Balaban J connectivity index is 0.000000290. The predicted octanol–water partition coefficient (Wildman–Crippen LogP) is 4.57. The first-order valence-electron chi connectivity index (χ1n) is 11.0. The Morgan fingerprint density at radius 1 is 1.03 bits per heavy atom. The third-order valence-electron chi connectivity index (χ3n) is 6.34. The number of fused-ring (bicyclic) bond motifs is 2. The van der Waals surface area contributed by atoms with E-state index in [9.17, 15) is 10.5 Å². The third kappa shape index (κ3) is 3.99. The van der Waals surface area contributed by atoms with Crippen LogP contribution in [0.2, 0.25) is 0 Å². The minimum Gasteiger partial charge on any atom is -0.296 e. The Morgan fingerprint density at radius 3 is 2.41 bits per heavy atom. The zero-order valence-corrected chi connectivity index (χ0v) is 20.0. The predicted molar refractivity (Wildman–Crippen MR) is 131 cm³/mol. The molecule has 34 heavy (non-hydrogen) atoms. The zero-order chi connectivity index (χ0) is 23.8. The van der Waals surface area contributed by atoms with Crippen LogP contribution in [0.3, 0.4) is 0 Å². The van der Waals surface area contributed by atoms with Gasteiger partial charge in [-0.25, -0.2) is 4.52 Å². The highest BCUT2D eigenvalue weighted by Crippen LogP contribution is 2.38. The zero-order valence-electron chi connectivity index (χ0n) is 19.2. The van der Waals surface area contributed by atoms with Gasteiger partial charge in [0.25, 0.3) is 0 Å². The smallest absolute Gasteiger partial charge is 0.103 e. The fourth-order valence-corrected chi connectivity index (χ4v) is 5.24. The van der Waals surface area contributed by atoms with Crippen molar-refractivity contribution in [3.8, 4) is 23.3 Å². The van der Waals surface area contributed by atoms with Gasteiger partial charge in [0.1, 0.15) is 12.1 Å². The first-order chi connectivity index (χ1) is 16.5. The fourth-order valence-electron chi connectivity index (χ4n) is 4.15. The van der Waals surface area contributed by atoms with Crippen LogP contribution in [-0.2, 0) is 7.05 Å². The molecule has 4 heterocycles. The summed E-state index contributed by atoms with van der Waals surface area (Å²) in [7, 11) is 4.08. The minimum atomic E-state index is 0.501. The molecule has 6 rings (SSSR count). The molecule has 1 aromatic carbocycles. The Bertz CT molecular complexity index is 1510. The maximum atomic E-state index is 9.47. The largest absolute Gasteiger partial charge is 0.296 e. The van der Waals surface area contributed by atoms with Crippen LogP contribution in [-0.4, -0.2) is 43.9 Å². The highest BCUT2D eigenvalue weighted by molar-refractivity contribution is 7.99. The maximum absolute atomic E-state index is 9.47. The van der Waals surface area contributed by atoms with Gasteiger partial charge in [-0.05, 0) is 38.6 Å². The molecule has 0 amide bonds. The van der Waals surface area contributed by atoms with Crippen LogP contribution in [0.5, 0.6) is 0 Å². The van der Waals surface area contributed by atoms with Gasteiger partial charge < -0.3 is 0 Å². The van der Waals surface area contributed by atoms with E-state index in [0.29, 0.717) is 11.1 Å². The summed E-state index contributed by atoms with van der Waals surface area (Å²) in [6, 6.07) is 14.8. The van der Waals surface area contributed by atoms with Gasteiger partial charge in [0, 0.05) is 52.4 Å². The molecule has 1 aliphatic carbocycles. The highest BCUT2D eigenvalue weighted by Gasteiger charge is 2.36. The van der Waals surface area contributed by atoms with Crippen molar-refractivity contribution >= 4 is 17.3 Å². The van der Waals surface area contributed by atoms with E-state index in [2.05, 4.69) is 40.4 Å². The molecule has 7 nitrogen and oxygen atoms in total. The molecule has 0 spiro atoms. The molecule has 0 saturated heterocycles. The maximum Gasteiger partial charge on any atom is 0.103 e. The number of aryl methyl sites for hydroxylation is 1. The number of nitrogens with zero attached hydrogens (tertiary/aromatic N) is 7. The number of pyridine rings is 1. The second-order valence-corrected chi connectivity index (χ2v) is 9.56. The van der Waals surface area contributed by atoms with E-state index in [1.807, 2.05) is 55.3 Å². The van der Waals surface area contributed by atoms with Gasteiger partial charge in [-0.1, -0.05) is 35.5 Å². The summed E-state index contributed by atoms with van der Waals surface area (Å²) in [5, 5.41) is 27.5. The number of aromatic nitrogens is 4. The van der Waals surface area contributed by atoms with E-state index < -0.39 is 0 Å². The van der Waals surface area contributed by atoms with Crippen LogP contribution in [0, 0.1) is 29.6 Å². The van der Waals surface area contributed by atoms with Crippen molar-refractivity contribution in [3.05, 3.63) is 77.4 Å². The standard InChI is InChI=1S/C20H14N6S.C6H9N/c1-13-17(11-23-25(13)2)15-7-19(20-16(9-22)10-24-26(20)12-15)27-18-6-4-3-5-14(18)8-21;1-7-3-2-5-4-6(5)7/h3-7,10-12H,1-2H3;2,6H,3-4H2,1H3. The van der Waals surface area contributed by atoms with Gasteiger partial charge in [-0.3, -0.25) is 9.58 Å². The van der Waals surface area contributed by atoms with Crippen molar-refractivity contribution in [1.29, 1.82) is 10.5 Å². The topological polar surface area (TPSA) is 85.9 Å². The molecule has 2 aliphatic rings.